The average Bonchev–Trinajstić information content (AvgIpc) is 2.88. The van der Waals surface area contributed by atoms with E-state index in [1.807, 2.05) is 12.1 Å². The van der Waals surface area contributed by atoms with E-state index in [4.69, 9.17) is 21.5 Å². The standard InChI is InChI=1S/C14H11ClN4O2.BrH/c15-10-3-1-9(2-4-10)12-5-6-13(16)19(17-12)8-11-7-14(20)18-21-11;/h1-7,16H,8H2,(H,18,20);1H. The molecule has 3 aromatic rings. The highest BCUT2D eigenvalue weighted by Gasteiger charge is 2.05. The Labute approximate surface area is 140 Å². The Morgan fingerprint density at radius 1 is 1.23 bits per heavy atom. The number of aromatic nitrogens is 3. The van der Waals surface area contributed by atoms with Gasteiger partial charge in [0, 0.05) is 16.7 Å². The minimum atomic E-state index is -0.314. The molecule has 1 aromatic carbocycles. The zero-order valence-corrected chi connectivity index (χ0v) is 13.7. The molecule has 0 saturated heterocycles. The number of H-pyrrole nitrogens is 1. The molecule has 0 amide bonds. The molecular formula is C14H12BrClN4O2. The quantitative estimate of drug-likeness (QED) is 0.728. The average molecular weight is 384 g/mol. The molecule has 8 heteroatoms. The molecule has 0 aliphatic heterocycles. The highest BCUT2D eigenvalue weighted by molar-refractivity contribution is 8.93. The number of aromatic amines is 1. The third kappa shape index (κ3) is 3.55. The van der Waals surface area contributed by atoms with E-state index < -0.39 is 0 Å². The molecule has 2 aromatic heterocycles. The van der Waals surface area contributed by atoms with Gasteiger partial charge in [0.15, 0.2) is 5.76 Å². The molecule has 0 aliphatic carbocycles. The Hall–Kier alpha value is -2.12. The van der Waals surface area contributed by atoms with Gasteiger partial charge in [0.05, 0.1) is 5.69 Å². The molecule has 2 heterocycles. The third-order valence-electron chi connectivity index (χ3n) is 2.93. The van der Waals surface area contributed by atoms with E-state index in [0.29, 0.717) is 16.5 Å². The van der Waals surface area contributed by atoms with Crippen LogP contribution in [0, 0.1) is 5.41 Å². The number of benzene rings is 1. The van der Waals surface area contributed by atoms with Gasteiger partial charge in [-0.2, -0.15) is 10.3 Å². The van der Waals surface area contributed by atoms with Gasteiger partial charge in [0.2, 0.25) is 0 Å². The zero-order chi connectivity index (χ0) is 14.8. The summed E-state index contributed by atoms with van der Waals surface area (Å²) >= 11 is 5.86. The van der Waals surface area contributed by atoms with Crippen LogP contribution in [0.1, 0.15) is 5.76 Å². The first-order valence-corrected chi connectivity index (χ1v) is 6.56. The van der Waals surface area contributed by atoms with Crippen molar-refractivity contribution in [2.45, 2.75) is 6.54 Å². The fourth-order valence-electron chi connectivity index (χ4n) is 1.90. The van der Waals surface area contributed by atoms with E-state index in [-0.39, 0.29) is 34.6 Å². The van der Waals surface area contributed by atoms with Crippen molar-refractivity contribution in [1.29, 1.82) is 5.41 Å². The lowest BCUT2D eigenvalue weighted by atomic mass is 10.1. The molecule has 0 atom stereocenters. The monoisotopic (exact) mass is 382 g/mol. The van der Waals surface area contributed by atoms with Gasteiger partial charge in [-0.25, -0.2) is 4.68 Å². The normalized spacial score (nSPS) is 10.2. The first kappa shape index (κ1) is 16.3. The smallest absolute Gasteiger partial charge is 0.280 e. The second-order valence-electron chi connectivity index (χ2n) is 4.45. The van der Waals surface area contributed by atoms with Gasteiger partial charge < -0.3 is 4.52 Å². The zero-order valence-electron chi connectivity index (χ0n) is 11.2. The van der Waals surface area contributed by atoms with Crippen LogP contribution in [0.4, 0.5) is 0 Å². The predicted molar refractivity (Wildman–Crippen MR) is 87.3 cm³/mol. The maximum Gasteiger partial charge on any atom is 0.280 e. The van der Waals surface area contributed by atoms with Crippen molar-refractivity contribution in [3.63, 3.8) is 0 Å². The summed E-state index contributed by atoms with van der Waals surface area (Å²) in [5.41, 5.74) is 1.51. The van der Waals surface area contributed by atoms with E-state index in [1.54, 1.807) is 24.3 Å². The summed E-state index contributed by atoms with van der Waals surface area (Å²) in [5, 5.41) is 15.1. The van der Waals surface area contributed by atoms with Crippen LogP contribution in [0.5, 0.6) is 0 Å². The summed E-state index contributed by atoms with van der Waals surface area (Å²) in [6, 6.07) is 12.0. The van der Waals surface area contributed by atoms with Crippen molar-refractivity contribution in [2.24, 2.45) is 0 Å². The molecule has 3 rings (SSSR count). The second kappa shape index (κ2) is 6.76. The van der Waals surface area contributed by atoms with Crippen molar-refractivity contribution in [2.75, 3.05) is 0 Å². The predicted octanol–water partition coefficient (Wildman–Crippen LogP) is 2.59. The summed E-state index contributed by atoms with van der Waals surface area (Å²) in [6.45, 7) is 0.207. The van der Waals surface area contributed by atoms with Crippen LogP contribution in [0.15, 0.2) is 51.8 Å². The minimum Gasteiger partial charge on any atom is -0.382 e. The second-order valence-corrected chi connectivity index (χ2v) is 4.88. The third-order valence-corrected chi connectivity index (χ3v) is 3.18. The fraction of sp³-hybridized carbons (Fsp3) is 0.0714. The number of nitrogens with one attached hydrogen (secondary N) is 2. The highest BCUT2D eigenvalue weighted by Crippen LogP contribution is 2.18. The molecule has 0 unspecified atom stereocenters. The minimum absolute atomic E-state index is 0. The first-order chi connectivity index (χ1) is 10.1. The van der Waals surface area contributed by atoms with Crippen LogP contribution in [0.25, 0.3) is 11.3 Å². The van der Waals surface area contributed by atoms with E-state index in [1.165, 1.54) is 10.7 Å². The van der Waals surface area contributed by atoms with Crippen molar-refractivity contribution in [1.82, 2.24) is 14.9 Å². The lowest BCUT2D eigenvalue weighted by molar-refractivity contribution is 0.363. The SMILES string of the molecule is Br.N=c1ccc(-c2ccc(Cl)cc2)nn1Cc1cc(=O)[nH]o1. The molecule has 22 heavy (non-hydrogen) atoms. The van der Waals surface area contributed by atoms with Gasteiger partial charge in [0.1, 0.15) is 12.0 Å². The largest absolute Gasteiger partial charge is 0.382 e. The van der Waals surface area contributed by atoms with Crippen LogP contribution < -0.4 is 11.0 Å². The Bertz CT molecular complexity index is 883. The van der Waals surface area contributed by atoms with E-state index in [9.17, 15) is 4.79 Å². The van der Waals surface area contributed by atoms with Crippen molar-refractivity contribution < 1.29 is 4.52 Å². The molecule has 0 saturated carbocycles. The van der Waals surface area contributed by atoms with Crippen molar-refractivity contribution in [3.05, 3.63) is 69.1 Å². The van der Waals surface area contributed by atoms with Crippen LogP contribution in [0.3, 0.4) is 0 Å². The van der Waals surface area contributed by atoms with Gasteiger partial charge in [-0.3, -0.25) is 10.2 Å². The van der Waals surface area contributed by atoms with E-state index in [2.05, 4.69) is 10.3 Å². The molecule has 6 nitrogen and oxygen atoms in total. The van der Waals surface area contributed by atoms with Crippen LogP contribution in [0.2, 0.25) is 5.02 Å². The van der Waals surface area contributed by atoms with E-state index in [0.717, 1.165) is 5.56 Å². The summed E-state index contributed by atoms with van der Waals surface area (Å²) in [6.07, 6.45) is 0. The van der Waals surface area contributed by atoms with Crippen LogP contribution in [-0.2, 0) is 6.54 Å². The molecule has 0 fully saturated rings. The molecule has 0 aliphatic rings. The first-order valence-electron chi connectivity index (χ1n) is 6.18. The summed E-state index contributed by atoms with van der Waals surface area (Å²) in [5.74, 6) is 0.416. The molecule has 0 bridgehead atoms. The van der Waals surface area contributed by atoms with Gasteiger partial charge in [-0.05, 0) is 24.3 Å². The van der Waals surface area contributed by atoms with Gasteiger partial charge in [-0.1, -0.05) is 23.7 Å². The van der Waals surface area contributed by atoms with Crippen molar-refractivity contribution in [3.8, 4) is 11.3 Å². The molecule has 2 N–H and O–H groups in total. The topological polar surface area (TPSA) is 87.7 Å². The maximum absolute atomic E-state index is 11.0. The Morgan fingerprint density at radius 3 is 2.59 bits per heavy atom. The number of halogens is 2. The number of rotatable bonds is 3. The maximum atomic E-state index is 11.0. The van der Waals surface area contributed by atoms with E-state index >= 15 is 0 Å². The Morgan fingerprint density at radius 2 is 1.95 bits per heavy atom. The summed E-state index contributed by atoms with van der Waals surface area (Å²) in [4.78, 5) is 11.0. The number of hydrogen-bond acceptors (Lipinski definition) is 4. The Kier molecular flexibility index (Phi) is 4.99. The molecular weight excluding hydrogens is 372 g/mol. The van der Waals surface area contributed by atoms with Gasteiger partial charge in [-0.15, -0.1) is 17.0 Å². The summed E-state index contributed by atoms with van der Waals surface area (Å²) < 4.78 is 6.44. The molecule has 0 spiro atoms. The number of nitrogens with zero attached hydrogens (tertiary/aromatic N) is 2. The molecule has 114 valence electrons. The number of hydrogen-bond donors (Lipinski definition) is 2. The van der Waals surface area contributed by atoms with Crippen molar-refractivity contribution >= 4 is 28.6 Å². The lowest BCUT2D eigenvalue weighted by Gasteiger charge is -2.06. The van der Waals surface area contributed by atoms with Gasteiger partial charge in [0.25, 0.3) is 5.56 Å². The van der Waals surface area contributed by atoms with Crippen LogP contribution >= 0.6 is 28.6 Å². The Balaban J connectivity index is 0.00000176. The molecule has 0 radical (unpaired) electrons. The lowest BCUT2D eigenvalue weighted by Crippen LogP contribution is -2.22. The van der Waals surface area contributed by atoms with Gasteiger partial charge >= 0.3 is 0 Å². The fourth-order valence-corrected chi connectivity index (χ4v) is 2.03. The van der Waals surface area contributed by atoms with Crippen LogP contribution in [-0.4, -0.2) is 14.9 Å². The highest BCUT2D eigenvalue weighted by atomic mass is 79.9. The summed E-state index contributed by atoms with van der Waals surface area (Å²) in [7, 11) is 0.